The molecule has 0 fully saturated rings. The van der Waals surface area contributed by atoms with E-state index in [2.05, 4.69) is 9.97 Å². The molecule has 0 spiro atoms. The number of aromatic amines is 1. The van der Waals surface area contributed by atoms with E-state index in [4.69, 9.17) is 9.15 Å². The molecule has 0 aliphatic rings. The lowest BCUT2D eigenvalue weighted by atomic mass is 10.5. The summed E-state index contributed by atoms with van der Waals surface area (Å²) < 4.78 is 10.8. The number of ether oxygens (including phenoxy) is 1. The molecule has 0 aliphatic carbocycles. The first-order valence-corrected chi connectivity index (χ1v) is 5.23. The molecular formula is C9H7IN2O3. The van der Waals surface area contributed by atoms with Crippen LogP contribution in [0.2, 0.25) is 0 Å². The maximum absolute atomic E-state index is 11.2. The molecule has 6 heteroatoms. The number of rotatable bonds is 3. The number of hydrogen-bond acceptors (Lipinski definition) is 4. The second-order valence-corrected chi connectivity index (χ2v) is 3.80. The Kier molecular flexibility index (Phi) is 3.05. The Hall–Kier alpha value is -1.31. The van der Waals surface area contributed by atoms with E-state index in [1.807, 2.05) is 22.6 Å². The Labute approximate surface area is 98.6 Å². The summed E-state index contributed by atoms with van der Waals surface area (Å²) in [5.74, 6) is 1.00. The monoisotopic (exact) mass is 318 g/mol. The quantitative estimate of drug-likeness (QED) is 0.872. The molecule has 0 unspecified atom stereocenters. The molecule has 5 nitrogen and oxygen atoms in total. The van der Waals surface area contributed by atoms with E-state index in [1.165, 1.54) is 6.33 Å². The van der Waals surface area contributed by atoms with E-state index < -0.39 is 0 Å². The van der Waals surface area contributed by atoms with Gasteiger partial charge in [0.1, 0.15) is 15.9 Å². The maximum Gasteiger partial charge on any atom is 0.268 e. The molecule has 2 aromatic rings. The van der Waals surface area contributed by atoms with Crippen molar-refractivity contribution in [2.24, 2.45) is 0 Å². The SMILES string of the molecule is O=c1[nH]cnc(OCc2ccco2)c1I. The first-order valence-electron chi connectivity index (χ1n) is 4.16. The van der Waals surface area contributed by atoms with E-state index >= 15 is 0 Å². The lowest BCUT2D eigenvalue weighted by molar-refractivity contribution is 0.257. The summed E-state index contributed by atoms with van der Waals surface area (Å²) in [4.78, 5) is 17.6. The fraction of sp³-hybridized carbons (Fsp3) is 0.111. The Balaban J connectivity index is 2.12. The van der Waals surface area contributed by atoms with Crippen molar-refractivity contribution in [3.8, 4) is 5.88 Å². The smallest absolute Gasteiger partial charge is 0.268 e. The van der Waals surface area contributed by atoms with Gasteiger partial charge in [0, 0.05) is 0 Å². The number of H-pyrrole nitrogens is 1. The van der Waals surface area contributed by atoms with Gasteiger partial charge in [0.25, 0.3) is 5.56 Å². The summed E-state index contributed by atoms with van der Waals surface area (Å²) in [7, 11) is 0. The number of nitrogens with one attached hydrogen (secondary N) is 1. The molecule has 2 rings (SSSR count). The lowest BCUT2D eigenvalue weighted by Gasteiger charge is -2.03. The second-order valence-electron chi connectivity index (χ2n) is 2.72. The van der Waals surface area contributed by atoms with Crippen molar-refractivity contribution in [1.82, 2.24) is 9.97 Å². The molecule has 0 aromatic carbocycles. The fourth-order valence-corrected chi connectivity index (χ4v) is 1.45. The topological polar surface area (TPSA) is 68.1 Å². The normalized spacial score (nSPS) is 10.2. The highest BCUT2D eigenvalue weighted by Crippen LogP contribution is 2.13. The van der Waals surface area contributed by atoms with Crippen LogP contribution in [0.25, 0.3) is 0 Å². The highest BCUT2D eigenvalue weighted by molar-refractivity contribution is 14.1. The van der Waals surface area contributed by atoms with Crippen molar-refractivity contribution in [2.75, 3.05) is 0 Å². The van der Waals surface area contributed by atoms with Crippen molar-refractivity contribution in [3.05, 3.63) is 44.4 Å². The van der Waals surface area contributed by atoms with E-state index in [0.29, 0.717) is 15.2 Å². The molecule has 0 amide bonds. The number of nitrogens with zero attached hydrogens (tertiary/aromatic N) is 1. The van der Waals surface area contributed by atoms with Gasteiger partial charge in [0.2, 0.25) is 5.88 Å². The minimum Gasteiger partial charge on any atom is -0.469 e. The van der Waals surface area contributed by atoms with Gasteiger partial charge in [-0.3, -0.25) is 4.79 Å². The zero-order chi connectivity index (χ0) is 10.7. The molecule has 0 saturated heterocycles. The van der Waals surface area contributed by atoms with Gasteiger partial charge in [-0.25, -0.2) is 4.98 Å². The van der Waals surface area contributed by atoms with E-state index in [-0.39, 0.29) is 12.2 Å². The third-order valence-electron chi connectivity index (χ3n) is 1.70. The van der Waals surface area contributed by atoms with Crippen molar-refractivity contribution >= 4 is 22.6 Å². The Morgan fingerprint density at radius 1 is 1.60 bits per heavy atom. The van der Waals surface area contributed by atoms with Crippen molar-refractivity contribution < 1.29 is 9.15 Å². The summed E-state index contributed by atoms with van der Waals surface area (Å²) in [6.45, 7) is 0.263. The van der Waals surface area contributed by atoms with Gasteiger partial charge in [-0.1, -0.05) is 0 Å². The minimum absolute atomic E-state index is 0.208. The molecule has 1 N–H and O–H groups in total. The first kappa shape index (κ1) is 10.2. The highest BCUT2D eigenvalue weighted by Gasteiger charge is 2.06. The summed E-state index contributed by atoms with van der Waals surface area (Å²) in [6.07, 6.45) is 2.87. The number of aromatic nitrogens is 2. The van der Waals surface area contributed by atoms with Crippen LogP contribution in [0.4, 0.5) is 0 Å². The van der Waals surface area contributed by atoms with Gasteiger partial charge in [-0.2, -0.15) is 0 Å². The molecule has 78 valence electrons. The molecule has 0 atom stereocenters. The van der Waals surface area contributed by atoms with Crippen LogP contribution < -0.4 is 10.3 Å². The number of furan rings is 1. The second kappa shape index (κ2) is 4.47. The van der Waals surface area contributed by atoms with Crippen molar-refractivity contribution in [2.45, 2.75) is 6.61 Å². The summed E-state index contributed by atoms with van der Waals surface area (Å²) in [5.41, 5.74) is -0.208. The molecular weight excluding hydrogens is 311 g/mol. The minimum atomic E-state index is -0.208. The van der Waals surface area contributed by atoms with Gasteiger partial charge < -0.3 is 14.1 Å². The third kappa shape index (κ3) is 2.38. The standard InChI is InChI=1S/C9H7IN2O3/c10-7-8(13)11-5-12-9(7)15-4-6-2-1-3-14-6/h1-3,5H,4H2,(H,11,12,13). The number of halogens is 1. The van der Waals surface area contributed by atoms with Crippen LogP contribution in [0.15, 0.2) is 33.9 Å². The van der Waals surface area contributed by atoms with Gasteiger partial charge in [-0.15, -0.1) is 0 Å². The van der Waals surface area contributed by atoms with Gasteiger partial charge >= 0.3 is 0 Å². The average molecular weight is 318 g/mol. The van der Waals surface area contributed by atoms with Gasteiger partial charge in [0.15, 0.2) is 0 Å². The zero-order valence-corrected chi connectivity index (χ0v) is 9.72. The van der Waals surface area contributed by atoms with Gasteiger partial charge in [0.05, 0.1) is 12.6 Å². The summed E-state index contributed by atoms with van der Waals surface area (Å²) in [5, 5.41) is 0. The first-order chi connectivity index (χ1) is 7.27. The van der Waals surface area contributed by atoms with E-state index in [1.54, 1.807) is 18.4 Å². The molecule has 15 heavy (non-hydrogen) atoms. The Morgan fingerprint density at radius 2 is 2.47 bits per heavy atom. The maximum atomic E-state index is 11.2. The molecule has 0 radical (unpaired) electrons. The Bertz CT molecular complexity index is 492. The third-order valence-corrected chi connectivity index (χ3v) is 2.65. The van der Waals surface area contributed by atoms with Crippen molar-refractivity contribution in [3.63, 3.8) is 0 Å². The molecule has 0 aliphatic heterocycles. The van der Waals surface area contributed by atoms with Gasteiger partial charge in [-0.05, 0) is 34.7 Å². The molecule has 2 heterocycles. The van der Waals surface area contributed by atoms with Crippen LogP contribution in [-0.2, 0) is 6.61 Å². The fourth-order valence-electron chi connectivity index (χ4n) is 1.00. The van der Waals surface area contributed by atoms with E-state index in [9.17, 15) is 4.79 Å². The van der Waals surface area contributed by atoms with Crippen molar-refractivity contribution in [1.29, 1.82) is 0 Å². The molecule has 0 saturated carbocycles. The van der Waals surface area contributed by atoms with E-state index in [0.717, 1.165) is 0 Å². The van der Waals surface area contributed by atoms with Crippen LogP contribution >= 0.6 is 22.6 Å². The Morgan fingerprint density at radius 3 is 3.20 bits per heavy atom. The van der Waals surface area contributed by atoms with Crippen LogP contribution in [0.1, 0.15) is 5.76 Å². The number of hydrogen-bond donors (Lipinski definition) is 1. The predicted molar refractivity (Wildman–Crippen MR) is 60.6 cm³/mol. The predicted octanol–water partition coefficient (Wildman–Crippen LogP) is 1.55. The summed E-state index contributed by atoms with van der Waals surface area (Å²) >= 11 is 1.88. The van der Waals surface area contributed by atoms with Crippen LogP contribution in [-0.4, -0.2) is 9.97 Å². The van der Waals surface area contributed by atoms with Crippen LogP contribution in [0.3, 0.4) is 0 Å². The summed E-state index contributed by atoms with van der Waals surface area (Å²) in [6, 6.07) is 3.56. The molecule has 0 bridgehead atoms. The highest BCUT2D eigenvalue weighted by atomic mass is 127. The largest absolute Gasteiger partial charge is 0.469 e. The molecule has 2 aromatic heterocycles. The van der Waals surface area contributed by atoms with Crippen LogP contribution in [0, 0.1) is 3.57 Å². The van der Waals surface area contributed by atoms with Crippen LogP contribution in [0.5, 0.6) is 5.88 Å². The zero-order valence-electron chi connectivity index (χ0n) is 7.57. The lowest BCUT2D eigenvalue weighted by Crippen LogP contribution is -2.12. The average Bonchev–Trinajstić information content (AvgIpc) is 2.73.